The quantitative estimate of drug-likeness (QED) is 0.812. The molecule has 0 saturated heterocycles. The van der Waals surface area contributed by atoms with E-state index in [0.29, 0.717) is 11.4 Å². The van der Waals surface area contributed by atoms with Gasteiger partial charge in [-0.1, -0.05) is 6.92 Å². The Bertz CT molecular complexity index is 635. The van der Waals surface area contributed by atoms with Gasteiger partial charge in [0.25, 0.3) is 0 Å². The minimum atomic E-state index is -1.06. The van der Waals surface area contributed by atoms with E-state index in [1.54, 1.807) is 16.8 Å². The number of nitrogens with two attached hydrogens (primary N) is 1. The summed E-state index contributed by atoms with van der Waals surface area (Å²) in [6.07, 6.45) is 0.843. The van der Waals surface area contributed by atoms with Crippen molar-refractivity contribution in [1.82, 2.24) is 9.78 Å². The number of carboxylic acids is 1. The molecule has 3 N–H and O–H groups in total. The lowest BCUT2D eigenvalue weighted by Gasteiger charge is -2.09. The highest BCUT2D eigenvalue weighted by Crippen LogP contribution is 2.22. The first-order valence-electron chi connectivity index (χ1n) is 6.28. The maximum Gasteiger partial charge on any atom is 0.339 e. The molecule has 0 radical (unpaired) electrons. The Kier molecular flexibility index (Phi) is 3.93. The molecule has 106 valence electrons. The standard InChI is InChI=1S/C14H17N3O3/c1-3-10-7-11(17(2)16-10)8-20-13-5-4-9(15)6-12(13)14(18)19/h4-7H,3,8,15H2,1-2H3,(H,18,19). The van der Waals surface area contributed by atoms with E-state index in [-0.39, 0.29) is 12.2 Å². The Balaban J connectivity index is 2.18. The third kappa shape index (κ3) is 2.90. The molecule has 6 heteroatoms. The van der Waals surface area contributed by atoms with E-state index in [2.05, 4.69) is 5.10 Å². The van der Waals surface area contributed by atoms with Crippen molar-refractivity contribution in [3.8, 4) is 5.75 Å². The first kappa shape index (κ1) is 13.9. The molecule has 1 aromatic heterocycles. The van der Waals surface area contributed by atoms with Crippen molar-refractivity contribution in [3.63, 3.8) is 0 Å². The summed E-state index contributed by atoms with van der Waals surface area (Å²) in [5.41, 5.74) is 7.89. The Labute approximate surface area is 116 Å². The van der Waals surface area contributed by atoms with Crippen LogP contribution in [0.2, 0.25) is 0 Å². The Morgan fingerprint density at radius 1 is 1.45 bits per heavy atom. The average molecular weight is 275 g/mol. The average Bonchev–Trinajstić information content (AvgIpc) is 2.78. The SMILES string of the molecule is CCc1cc(COc2ccc(N)cc2C(=O)O)n(C)n1. The molecular formula is C14H17N3O3. The second-order valence-electron chi connectivity index (χ2n) is 4.45. The van der Waals surface area contributed by atoms with Gasteiger partial charge in [-0.25, -0.2) is 4.79 Å². The van der Waals surface area contributed by atoms with Crippen molar-refractivity contribution >= 4 is 11.7 Å². The Hall–Kier alpha value is -2.50. The number of aromatic nitrogens is 2. The molecule has 0 spiro atoms. The molecule has 2 aromatic rings. The van der Waals surface area contributed by atoms with E-state index in [0.717, 1.165) is 17.8 Å². The van der Waals surface area contributed by atoms with Gasteiger partial charge in [-0.15, -0.1) is 0 Å². The summed E-state index contributed by atoms with van der Waals surface area (Å²) in [5, 5.41) is 13.4. The minimum Gasteiger partial charge on any atom is -0.486 e. The number of hydrogen-bond acceptors (Lipinski definition) is 4. The monoisotopic (exact) mass is 275 g/mol. The summed E-state index contributed by atoms with van der Waals surface area (Å²) in [4.78, 5) is 11.1. The molecule has 0 aliphatic carbocycles. The molecular weight excluding hydrogens is 258 g/mol. The summed E-state index contributed by atoms with van der Waals surface area (Å²) in [6, 6.07) is 6.51. The summed E-state index contributed by atoms with van der Waals surface area (Å²) < 4.78 is 7.31. The van der Waals surface area contributed by atoms with Gasteiger partial charge in [0.05, 0.1) is 11.4 Å². The van der Waals surface area contributed by atoms with Crippen LogP contribution in [0.1, 0.15) is 28.7 Å². The van der Waals surface area contributed by atoms with E-state index < -0.39 is 5.97 Å². The molecule has 0 atom stereocenters. The van der Waals surface area contributed by atoms with Gasteiger partial charge < -0.3 is 15.6 Å². The third-order valence-electron chi connectivity index (χ3n) is 3.00. The number of rotatable bonds is 5. The highest BCUT2D eigenvalue weighted by atomic mass is 16.5. The van der Waals surface area contributed by atoms with Crippen LogP contribution in [0.5, 0.6) is 5.75 Å². The van der Waals surface area contributed by atoms with Crippen molar-refractivity contribution < 1.29 is 14.6 Å². The van der Waals surface area contributed by atoms with E-state index in [4.69, 9.17) is 15.6 Å². The fourth-order valence-electron chi connectivity index (χ4n) is 1.87. The van der Waals surface area contributed by atoms with Crippen molar-refractivity contribution in [3.05, 3.63) is 41.2 Å². The van der Waals surface area contributed by atoms with E-state index in [1.807, 2.05) is 20.0 Å². The van der Waals surface area contributed by atoms with Crippen LogP contribution in [0.3, 0.4) is 0 Å². The van der Waals surface area contributed by atoms with Crippen LogP contribution in [0, 0.1) is 0 Å². The topological polar surface area (TPSA) is 90.4 Å². The van der Waals surface area contributed by atoms with Crippen molar-refractivity contribution in [2.24, 2.45) is 7.05 Å². The predicted octanol–water partition coefficient (Wildman–Crippen LogP) is 1.84. The number of benzene rings is 1. The fourth-order valence-corrected chi connectivity index (χ4v) is 1.87. The van der Waals surface area contributed by atoms with Gasteiger partial charge in [0, 0.05) is 12.7 Å². The zero-order chi connectivity index (χ0) is 14.7. The van der Waals surface area contributed by atoms with Crippen molar-refractivity contribution in [1.29, 1.82) is 0 Å². The molecule has 2 rings (SSSR count). The van der Waals surface area contributed by atoms with E-state index >= 15 is 0 Å². The number of ether oxygens (including phenoxy) is 1. The maximum absolute atomic E-state index is 11.1. The number of carbonyl (C=O) groups is 1. The van der Waals surface area contributed by atoms with Gasteiger partial charge >= 0.3 is 5.97 Å². The van der Waals surface area contributed by atoms with Crippen LogP contribution in [-0.2, 0) is 20.1 Å². The number of nitrogen functional groups attached to an aromatic ring is 1. The summed E-state index contributed by atoms with van der Waals surface area (Å²) in [7, 11) is 1.83. The summed E-state index contributed by atoms with van der Waals surface area (Å²) in [5.74, 6) is -0.766. The van der Waals surface area contributed by atoms with Gasteiger partial charge in [0.15, 0.2) is 0 Å². The number of aryl methyl sites for hydroxylation is 2. The van der Waals surface area contributed by atoms with Crippen molar-refractivity contribution in [2.75, 3.05) is 5.73 Å². The van der Waals surface area contributed by atoms with Gasteiger partial charge in [0.1, 0.15) is 17.9 Å². The molecule has 1 heterocycles. The first-order valence-corrected chi connectivity index (χ1v) is 6.28. The second kappa shape index (κ2) is 5.64. The third-order valence-corrected chi connectivity index (χ3v) is 3.00. The van der Waals surface area contributed by atoms with Gasteiger partial charge in [-0.05, 0) is 30.7 Å². The molecule has 0 saturated carbocycles. The Morgan fingerprint density at radius 3 is 2.80 bits per heavy atom. The van der Waals surface area contributed by atoms with Gasteiger partial charge in [0.2, 0.25) is 0 Å². The largest absolute Gasteiger partial charge is 0.486 e. The van der Waals surface area contributed by atoms with Crippen LogP contribution < -0.4 is 10.5 Å². The Morgan fingerprint density at radius 2 is 2.20 bits per heavy atom. The lowest BCUT2D eigenvalue weighted by atomic mass is 10.2. The smallest absolute Gasteiger partial charge is 0.339 e. The van der Waals surface area contributed by atoms with Crippen LogP contribution in [-0.4, -0.2) is 20.9 Å². The number of hydrogen-bond donors (Lipinski definition) is 2. The van der Waals surface area contributed by atoms with E-state index in [9.17, 15) is 4.79 Å². The van der Waals surface area contributed by atoms with Gasteiger partial charge in [-0.3, -0.25) is 4.68 Å². The molecule has 0 bridgehead atoms. The lowest BCUT2D eigenvalue weighted by molar-refractivity contribution is 0.0691. The lowest BCUT2D eigenvalue weighted by Crippen LogP contribution is -2.07. The highest BCUT2D eigenvalue weighted by molar-refractivity contribution is 5.92. The summed E-state index contributed by atoms with van der Waals surface area (Å²) >= 11 is 0. The predicted molar refractivity (Wildman–Crippen MR) is 74.7 cm³/mol. The molecule has 0 aliphatic heterocycles. The van der Waals surface area contributed by atoms with Crippen LogP contribution in [0.15, 0.2) is 24.3 Å². The molecule has 0 aliphatic rings. The maximum atomic E-state index is 11.1. The number of aromatic carboxylic acids is 1. The molecule has 6 nitrogen and oxygen atoms in total. The van der Waals surface area contributed by atoms with Crippen LogP contribution in [0.4, 0.5) is 5.69 Å². The van der Waals surface area contributed by atoms with Crippen LogP contribution >= 0.6 is 0 Å². The first-order chi connectivity index (χ1) is 9.51. The minimum absolute atomic E-state index is 0.0582. The molecule has 0 unspecified atom stereocenters. The fraction of sp³-hybridized carbons (Fsp3) is 0.286. The highest BCUT2D eigenvalue weighted by Gasteiger charge is 2.13. The zero-order valence-electron chi connectivity index (χ0n) is 11.5. The second-order valence-corrected chi connectivity index (χ2v) is 4.45. The van der Waals surface area contributed by atoms with E-state index in [1.165, 1.54) is 6.07 Å². The molecule has 0 amide bonds. The number of carboxylic acid groups (broad SMARTS) is 1. The number of anilines is 1. The summed E-state index contributed by atoms with van der Waals surface area (Å²) in [6.45, 7) is 2.28. The molecule has 0 fully saturated rings. The van der Waals surface area contributed by atoms with Crippen LogP contribution in [0.25, 0.3) is 0 Å². The normalized spacial score (nSPS) is 10.5. The number of nitrogens with zero attached hydrogens (tertiary/aromatic N) is 2. The molecule has 20 heavy (non-hydrogen) atoms. The van der Waals surface area contributed by atoms with Gasteiger partial charge in [-0.2, -0.15) is 5.10 Å². The zero-order valence-corrected chi connectivity index (χ0v) is 11.5. The molecule has 1 aromatic carbocycles. The van der Waals surface area contributed by atoms with Crippen molar-refractivity contribution in [2.45, 2.75) is 20.0 Å².